The smallest absolute Gasteiger partial charge is 0.289 e. The number of pyridine rings is 1. The van der Waals surface area contributed by atoms with Crippen LogP contribution in [-0.4, -0.2) is 28.9 Å². The Hall–Kier alpha value is -2.74. The summed E-state index contributed by atoms with van der Waals surface area (Å²) < 4.78 is 13.0. The molecule has 126 valence electrons. The van der Waals surface area contributed by atoms with Gasteiger partial charge < -0.3 is 10.6 Å². The van der Waals surface area contributed by atoms with Crippen molar-refractivity contribution in [1.82, 2.24) is 10.3 Å². The Morgan fingerprint density at radius 1 is 1.33 bits per heavy atom. The summed E-state index contributed by atoms with van der Waals surface area (Å²) in [5.41, 5.74) is 0.0657. The first-order valence-electron chi connectivity index (χ1n) is 7.05. The van der Waals surface area contributed by atoms with Crippen LogP contribution >= 0.6 is 11.6 Å². The average molecular weight is 353 g/mol. The lowest BCUT2D eigenvalue weighted by Crippen LogP contribution is -2.26. The molecule has 0 saturated heterocycles. The molecule has 0 saturated carbocycles. The number of benzene rings is 1. The van der Waals surface area contributed by atoms with Gasteiger partial charge in [0.2, 0.25) is 0 Å². The molecule has 1 amide bonds. The molecule has 0 fully saturated rings. The van der Waals surface area contributed by atoms with E-state index in [1.165, 1.54) is 24.3 Å². The van der Waals surface area contributed by atoms with E-state index in [9.17, 15) is 19.3 Å². The van der Waals surface area contributed by atoms with E-state index in [0.29, 0.717) is 25.3 Å². The first-order chi connectivity index (χ1) is 11.5. The summed E-state index contributed by atoms with van der Waals surface area (Å²) in [7, 11) is 0. The molecular formula is C15H14ClFN4O3. The number of hydrogen-bond donors (Lipinski definition) is 2. The van der Waals surface area contributed by atoms with Gasteiger partial charge in [-0.05, 0) is 24.6 Å². The van der Waals surface area contributed by atoms with Crippen LogP contribution in [0.5, 0.6) is 0 Å². The second-order valence-corrected chi connectivity index (χ2v) is 5.23. The lowest BCUT2D eigenvalue weighted by Gasteiger charge is -2.08. The summed E-state index contributed by atoms with van der Waals surface area (Å²) in [5, 5.41) is 16.3. The van der Waals surface area contributed by atoms with E-state index in [-0.39, 0.29) is 22.2 Å². The maximum Gasteiger partial charge on any atom is 0.289 e. The van der Waals surface area contributed by atoms with Crippen LogP contribution in [0.4, 0.5) is 15.9 Å². The third-order valence-electron chi connectivity index (χ3n) is 3.06. The number of nitrogens with one attached hydrogen (secondary N) is 2. The summed E-state index contributed by atoms with van der Waals surface area (Å²) in [6.45, 7) is 0.820. The summed E-state index contributed by atoms with van der Waals surface area (Å²) in [5.74, 6) is -0.497. The molecule has 0 aliphatic rings. The highest BCUT2D eigenvalue weighted by atomic mass is 35.5. The summed E-state index contributed by atoms with van der Waals surface area (Å²) >= 11 is 5.90. The molecule has 0 aliphatic heterocycles. The van der Waals surface area contributed by atoms with Gasteiger partial charge in [-0.2, -0.15) is 0 Å². The second-order valence-electron chi connectivity index (χ2n) is 4.83. The molecule has 0 spiro atoms. The predicted octanol–water partition coefficient (Wildman–Crippen LogP) is 3.01. The average Bonchev–Trinajstić information content (AvgIpc) is 2.55. The van der Waals surface area contributed by atoms with Gasteiger partial charge in [-0.3, -0.25) is 14.9 Å². The molecule has 1 aromatic heterocycles. The zero-order valence-corrected chi connectivity index (χ0v) is 13.2. The third kappa shape index (κ3) is 4.88. The quantitative estimate of drug-likeness (QED) is 0.453. The molecule has 0 atom stereocenters. The number of nitrogens with zero attached hydrogens (tertiary/aromatic N) is 2. The fourth-order valence-electron chi connectivity index (χ4n) is 1.89. The zero-order chi connectivity index (χ0) is 17.5. The number of carbonyl (C=O) groups is 1. The summed E-state index contributed by atoms with van der Waals surface area (Å²) in [4.78, 5) is 25.7. The van der Waals surface area contributed by atoms with Crippen LogP contribution in [0.15, 0.2) is 36.5 Å². The van der Waals surface area contributed by atoms with Gasteiger partial charge in [0.1, 0.15) is 17.8 Å². The topological polar surface area (TPSA) is 97.2 Å². The minimum atomic E-state index is -0.579. The molecule has 0 unspecified atom stereocenters. The Balaban J connectivity index is 1.75. The maximum atomic E-state index is 13.0. The Morgan fingerprint density at radius 3 is 2.79 bits per heavy atom. The molecule has 24 heavy (non-hydrogen) atoms. The van der Waals surface area contributed by atoms with E-state index in [1.54, 1.807) is 0 Å². The van der Waals surface area contributed by atoms with Crippen molar-refractivity contribution in [1.29, 1.82) is 0 Å². The first kappa shape index (κ1) is 17.6. The molecule has 0 radical (unpaired) electrons. The predicted molar refractivity (Wildman–Crippen MR) is 87.7 cm³/mol. The molecule has 1 aromatic carbocycles. The third-order valence-corrected chi connectivity index (χ3v) is 3.34. The fourth-order valence-corrected chi connectivity index (χ4v) is 2.11. The van der Waals surface area contributed by atoms with Crippen LogP contribution in [0, 0.1) is 15.9 Å². The number of carbonyl (C=O) groups excluding carboxylic acids is 1. The molecule has 0 aliphatic carbocycles. The van der Waals surface area contributed by atoms with Crippen LogP contribution in [0.2, 0.25) is 5.02 Å². The van der Waals surface area contributed by atoms with Crippen LogP contribution in [0.25, 0.3) is 0 Å². The monoisotopic (exact) mass is 352 g/mol. The van der Waals surface area contributed by atoms with Crippen LogP contribution < -0.4 is 10.6 Å². The van der Waals surface area contributed by atoms with Crippen molar-refractivity contribution < 1.29 is 14.1 Å². The maximum absolute atomic E-state index is 13.0. The Bertz CT molecular complexity index is 757. The van der Waals surface area contributed by atoms with E-state index in [0.717, 1.165) is 12.3 Å². The minimum absolute atomic E-state index is 0.146. The van der Waals surface area contributed by atoms with Gasteiger partial charge in [0.15, 0.2) is 0 Å². The van der Waals surface area contributed by atoms with E-state index >= 15 is 0 Å². The molecule has 2 rings (SSSR count). The van der Waals surface area contributed by atoms with Crippen LogP contribution in [0.3, 0.4) is 0 Å². The van der Waals surface area contributed by atoms with E-state index in [4.69, 9.17) is 11.6 Å². The van der Waals surface area contributed by atoms with Gasteiger partial charge in [-0.25, -0.2) is 9.37 Å². The molecular weight excluding hydrogens is 339 g/mol. The highest BCUT2D eigenvalue weighted by molar-refractivity contribution is 6.33. The minimum Gasteiger partial charge on any atom is -0.369 e. The summed E-state index contributed by atoms with van der Waals surface area (Å²) in [6.07, 6.45) is 1.68. The van der Waals surface area contributed by atoms with Crippen molar-refractivity contribution in [2.75, 3.05) is 18.4 Å². The Morgan fingerprint density at radius 2 is 2.12 bits per heavy atom. The Labute approximate surface area is 142 Å². The van der Waals surface area contributed by atoms with Crippen LogP contribution in [-0.2, 0) is 0 Å². The normalized spacial score (nSPS) is 10.2. The standard InChI is InChI=1S/C15H14ClFN4O3/c16-13-8-12(21(23)24)9-20-14(13)18-5-2-6-19-15(22)10-3-1-4-11(17)7-10/h1,3-4,7-9H,2,5-6H2,(H,18,20)(H,19,22). The molecule has 2 N–H and O–H groups in total. The number of aromatic nitrogens is 1. The number of halogens is 2. The second kappa shape index (κ2) is 8.21. The van der Waals surface area contributed by atoms with Crippen molar-refractivity contribution in [3.8, 4) is 0 Å². The SMILES string of the molecule is O=C(NCCCNc1ncc([N+](=O)[O-])cc1Cl)c1cccc(F)c1. The van der Waals surface area contributed by atoms with Crippen molar-refractivity contribution in [2.45, 2.75) is 6.42 Å². The van der Waals surface area contributed by atoms with Crippen LogP contribution in [0.1, 0.15) is 16.8 Å². The van der Waals surface area contributed by atoms with Crippen molar-refractivity contribution in [3.63, 3.8) is 0 Å². The van der Waals surface area contributed by atoms with Gasteiger partial charge in [0.25, 0.3) is 11.6 Å². The lowest BCUT2D eigenvalue weighted by atomic mass is 10.2. The molecule has 2 aromatic rings. The van der Waals surface area contributed by atoms with E-state index < -0.39 is 10.7 Å². The highest BCUT2D eigenvalue weighted by Gasteiger charge is 2.10. The van der Waals surface area contributed by atoms with Crippen molar-refractivity contribution in [3.05, 3.63) is 63.0 Å². The zero-order valence-electron chi connectivity index (χ0n) is 12.5. The first-order valence-corrected chi connectivity index (χ1v) is 7.43. The lowest BCUT2D eigenvalue weighted by molar-refractivity contribution is -0.385. The highest BCUT2D eigenvalue weighted by Crippen LogP contribution is 2.23. The molecule has 7 nitrogen and oxygen atoms in total. The van der Waals surface area contributed by atoms with E-state index in [1.807, 2.05) is 0 Å². The van der Waals surface area contributed by atoms with Gasteiger partial charge in [0, 0.05) is 24.7 Å². The van der Waals surface area contributed by atoms with E-state index in [2.05, 4.69) is 15.6 Å². The van der Waals surface area contributed by atoms with Crippen molar-refractivity contribution >= 4 is 29.0 Å². The number of amides is 1. The van der Waals surface area contributed by atoms with Gasteiger partial charge in [-0.1, -0.05) is 17.7 Å². The molecule has 9 heteroatoms. The number of anilines is 1. The Kier molecular flexibility index (Phi) is 6.02. The molecule has 0 bridgehead atoms. The summed E-state index contributed by atoms with van der Waals surface area (Å²) in [6, 6.07) is 6.63. The number of hydrogen-bond acceptors (Lipinski definition) is 5. The van der Waals surface area contributed by atoms with Gasteiger partial charge in [-0.15, -0.1) is 0 Å². The van der Waals surface area contributed by atoms with Crippen molar-refractivity contribution in [2.24, 2.45) is 0 Å². The fraction of sp³-hybridized carbons (Fsp3) is 0.200. The number of nitro groups is 1. The van der Waals surface area contributed by atoms with Gasteiger partial charge >= 0.3 is 0 Å². The van der Waals surface area contributed by atoms with Gasteiger partial charge in [0.05, 0.1) is 9.95 Å². The molecule has 1 heterocycles. The largest absolute Gasteiger partial charge is 0.369 e. The number of rotatable bonds is 7.